The molecule has 0 radical (unpaired) electrons. The van der Waals surface area contributed by atoms with E-state index < -0.39 is 0 Å². The van der Waals surface area contributed by atoms with Crippen LogP contribution < -0.4 is 10.6 Å². The van der Waals surface area contributed by atoms with Gasteiger partial charge in [0.25, 0.3) is 0 Å². The first-order valence-corrected chi connectivity index (χ1v) is 6.42. The maximum Gasteiger partial charge on any atom is 0.223 e. The number of aryl methyl sites for hydroxylation is 1. The molecule has 0 spiro atoms. The van der Waals surface area contributed by atoms with Gasteiger partial charge in [-0.3, -0.25) is 4.99 Å². The van der Waals surface area contributed by atoms with Crippen LogP contribution in [0.2, 0.25) is 0 Å². The third kappa shape index (κ3) is 3.56. The number of hydrogen-bond donors (Lipinski definition) is 2. The Balaban J connectivity index is 1.79. The Morgan fingerprint density at radius 1 is 1.44 bits per heavy atom. The fourth-order valence-corrected chi connectivity index (χ4v) is 2.03. The van der Waals surface area contributed by atoms with Crippen LogP contribution in [0.5, 0.6) is 0 Å². The molecule has 96 valence electrons. The largest absolute Gasteiger partial charge is 0.352 e. The lowest BCUT2D eigenvalue weighted by Crippen LogP contribution is -2.36. The Labute approximate surface area is 109 Å². The van der Waals surface area contributed by atoms with Crippen molar-refractivity contribution in [3.05, 3.63) is 34.1 Å². The summed E-state index contributed by atoms with van der Waals surface area (Å²) >= 11 is 1.71. The number of aromatic nitrogens is 2. The standard InChI is InChI=1S/C11H15N5OS/c1-8-15-10(16-17-8)7-14-11(12-2)13-6-9-4-3-5-18-9/h3-5H,6-7H2,1-2H3,(H2,12,13,14). The average Bonchev–Trinajstić information content (AvgIpc) is 3.01. The van der Waals surface area contributed by atoms with Gasteiger partial charge in [-0.25, -0.2) is 0 Å². The highest BCUT2D eigenvalue weighted by Crippen LogP contribution is 2.07. The summed E-state index contributed by atoms with van der Waals surface area (Å²) in [4.78, 5) is 9.49. The normalized spacial score (nSPS) is 11.6. The zero-order valence-corrected chi connectivity index (χ0v) is 11.1. The molecule has 2 N–H and O–H groups in total. The molecule has 0 aliphatic carbocycles. The highest BCUT2D eigenvalue weighted by Gasteiger charge is 2.03. The van der Waals surface area contributed by atoms with Crippen LogP contribution >= 0.6 is 11.3 Å². The number of rotatable bonds is 4. The summed E-state index contributed by atoms with van der Waals surface area (Å²) in [5.74, 6) is 1.89. The number of hydrogen-bond acceptors (Lipinski definition) is 5. The molecule has 7 heteroatoms. The molecule has 0 aliphatic heterocycles. The minimum Gasteiger partial charge on any atom is -0.352 e. The number of aliphatic imine (C=N–C) groups is 1. The van der Waals surface area contributed by atoms with Crippen molar-refractivity contribution >= 4 is 17.3 Å². The summed E-state index contributed by atoms with van der Waals surface area (Å²) in [5.41, 5.74) is 0. The van der Waals surface area contributed by atoms with E-state index in [0.29, 0.717) is 24.2 Å². The quantitative estimate of drug-likeness (QED) is 0.644. The molecule has 0 bridgehead atoms. The fraction of sp³-hybridized carbons (Fsp3) is 0.364. The van der Waals surface area contributed by atoms with Gasteiger partial charge in [0.2, 0.25) is 5.89 Å². The van der Waals surface area contributed by atoms with Gasteiger partial charge in [-0.05, 0) is 11.4 Å². The molecule has 0 unspecified atom stereocenters. The molecular formula is C11H15N5OS. The lowest BCUT2D eigenvalue weighted by Gasteiger charge is -2.09. The molecule has 0 aliphatic rings. The Bertz CT molecular complexity index is 505. The Morgan fingerprint density at radius 2 is 2.28 bits per heavy atom. The van der Waals surface area contributed by atoms with E-state index in [1.165, 1.54) is 4.88 Å². The molecule has 0 atom stereocenters. The van der Waals surface area contributed by atoms with E-state index in [1.54, 1.807) is 25.3 Å². The molecule has 0 saturated heterocycles. The molecule has 0 saturated carbocycles. The molecule has 2 rings (SSSR count). The molecular weight excluding hydrogens is 250 g/mol. The Morgan fingerprint density at radius 3 is 2.89 bits per heavy atom. The third-order valence-electron chi connectivity index (χ3n) is 2.22. The van der Waals surface area contributed by atoms with E-state index in [4.69, 9.17) is 4.52 Å². The van der Waals surface area contributed by atoms with Crippen LogP contribution in [0.3, 0.4) is 0 Å². The molecule has 6 nitrogen and oxygen atoms in total. The van der Waals surface area contributed by atoms with Gasteiger partial charge in [-0.1, -0.05) is 11.2 Å². The van der Waals surface area contributed by atoms with Crippen LogP contribution in [-0.4, -0.2) is 23.1 Å². The van der Waals surface area contributed by atoms with Gasteiger partial charge < -0.3 is 15.2 Å². The summed E-state index contributed by atoms with van der Waals surface area (Å²) in [6, 6.07) is 4.10. The first-order valence-electron chi connectivity index (χ1n) is 5.54. The van der Waals surface area contributed by atoms with E-state index in [1.807, 2.05) is 6.07 Å². The summed E-state index contributed by atoms with van der Waals surface area (Å²) in [5, 5.41) is 12.2. The average molecular weight is 265 g/mol. The van der Waals surface area contributed by atoms with Crippen LogP contribution in [0.25, 0.3) is 0 Å². The number of nitrogens with one attached hydrogen (secondary N) is 2. The van der Waals surface area contributed by atoms with Crippen molar-refractivity contribution in [2.45, 2.75) is 20.0 Å². The van der Waals surface area contributed by atoms with Gasteiger partial charge in [-0.2, -0.15) is 4.98 Å². The van der Waals surface area contributed by atoms with Gasteiger partial charge >= 0.3 is 0 Å². The summed E-state index contributed by atoms with van der Waals surface area (Å²) in [6.45, 7) is 3.00. The number of guanidine groups is 1. The molecule has 0 fully saturated rings. The number of thiophene rings is 1. The molecule has 0 amide bonds. The van der Waals surface area contributed by atoms with Gasteiger partial charge in [0.05, 0.1) is 13.1 Å². The first kappa shape index (κ1) is 12.6. The van der Waals surface area contributed by atoms with E-state index in [2.05, 4.69) is 37.2 Å². The highest BCUT2D eigenvalue weighted by atomic mass is 32.1. The lowest BCUT2D eigenvalue weighted by atomic mass is 10.4. The minimum absolute atomic E-state index is 0.488. The molecule has 18 heavy (non-hydrogen) atoms. The summed E-state index contributed by atoms with van der Waals surface area (Å²) in [7, 11) is 1.73. The zero-order chi connectivity index (χ0) is 12.8. The van der Waals surface area contributed by atoms with Crippen molar-refractivity contribution in [1.29, 1.82) is 0 Å². The number of nitrogens with zero attached hydrogens (tertiary/aromatic N) is 3. The second kappa shape index (κ2) is 6.15. The maximum absolute atomic E-state index is 4.89. The molecule has 2 aromatic heterocycles. The topological polar surface area (TPSA) is 75.3 Å². The van der Waals surface area contributed by atoms with Gasteiger partial charge in [0.1, 0.15) is 0 Å². The van der Waals surface area contributed by atoms with Gasteiger partial charge in [0, 0.05) is 18.8 Å². The molecule has 2 heterocycles. The second-order valence-corrected chi connectivity index (χ2v) is 4.62. The van der Waals surface area contributed by atoms with E-state index in [-0.39, 0.29) is 0 Å². The summed E-state index contributed by atoms with van der Waals surface area (Å²) < 4.78 is 4.89. The van der Waals surface area contributed by atoms with Crippen LogP contribution in [0, 0.1) is 6.92 Å². The van der Waals surface area contributed by atoms with Crippen LogP contribution in [0.4, 0.5) is 0 Å². The van der Waals surface area contributed by atoms with E-state index in [0.717, 1.165) is 6.54 Å². The first-order chi connectivity index (χ1) is 8.78. The predicted molar refractivity (Wildman–Crippen MR) is 70.4 cm³/mol. The monoisotopic (exact) mass is 265 g/mol. The van der Waals surface area contributed by atoms with Crippen molar-refractivity contribution < 1.29 is 4.52 Å². The summed E-state index contributed by atoms with van der Waals surface area (Å²) in [6.07, 6.45) is 0. The van der Waals surface area contributed by atoms with Crippen molar-refractivity contribution in [2.24, 2.45) is 4.99 Å². The maximum atomic E-state index is 4.89. The zero-order valence-electron chi connectivity index (χ0n) is 10.3. The minimum atomic E-state index is 0.488. The van der Waals surface area contributed by atoms with Crippen molar-refractivity contribution in [3.8, 4) is 0 Å². The van der Waals surface area contributed by atoms with Crippen LogP contribution in [-0.2, 0) is 13.1 Å². The third-order valence-corrected chi connectivity index (χ3v) is 3.09. The smallest absolute Gasteiger partial charge is 0.223 e. The van der Waals surface area contributed by atoms with Gasteiger partial charge in [-0.15, -0.1) is 11.3 Å². The van der Waals surface area contributed by atoms with E-state index >= 15 is 0 Å². The van der Waals surface area contributed by atoms with E-state index in [9.17, 15) is 0 Å². The van der Waals surface area contributed by atoms with Crippen molar-refractivity contribution in [3.63, 3.8) is 0 Å². The molecule has 0 aromatic carbocycles. The van der Waals surface area contributed by atoms with Crippen molar-refractivity contribution in [2.75, 3.05) is 7.05 Å². The van der Waals surface area contributed by atoms with Crippen molar-refractivity contribution in [1.82, 2.24) is 20.8 Å². The highest BCUT2D eigenvalue weighted by molar-refractivity contribution is 7.09. The molecule has 2 aromatic rings. The fourth-order valence-electron chi connectivity index (χ4n) is 1.38. The lowest BCUT2D eigenvalue weighted by molar-refractivity contribution is 0.387. The predicted octanol–water partition coefficient (Wildman–Crippen LogP) is 1.30. The second-order valence-electron chi connectivity index (χ2n) is 3.59. The van der Waals surface area contributed by atoms with Gasteiger partial charge in [0.15, 0.2) is 11.8 Å². The van der Waals surface area contributed by atoms with Crippen LogP contribution in [0.15, 0.2) is 27.0 Å². The SMILES string of the molecule is CN=C(NCc1noc(C)n1)NCc1cccs1. The van der Waals surface area contributed by atoms with Crippen LogP contribution in [0.1, 0.15) is 16.6 Å². The Kier molecular flexibility index (Phi) is 4.30. The Hall–Kier alpha value is -1.89.